The second-order valence-electron chi connectivity index (χ2n) is 4.59. The van der Waals surface area contributed by atoms with E-state index in [0.717, 1.165) is 23.5 Å². The van der Waals surface area contributed by atoms with Crippen molar-refractivity contribution >= 4 is 0 Å². The van der Waals surface area contributed by atoms with Gasteiger partial charge in [0, 0.05) is 25.5 Å². The minimum atomic E-state index is -4.30. The molecule has 1 N–H and O–H groups in total. The molecule has 0 fully saturated rings. The number of benzene rings is 1. The van der Waals surface area contributed by atoms with Crippen LogP contribution >= 0.6 is 0 Å². The molecule has 0 aliphatic carbocycles. The average Bonchev–Trinajstić information content (AvgIpc) is 2.86. The van der Waals surface area contributed by atoms with Crippen molar-refractivity contribution in [1.29, 1.82) is 0 Å². The van der Waals surface area contributed by atoms with Gasteiger partial charge in [-0.1, -0.05) is 18.2 Å². The van der Waals surface area contributed by atoms with Crippen LogP contribution in [0.25, 0.3) is 0 Å². The van der Waals surface area contributed by atoms with E-state index >= 15 is 0 Å². The number of aromatic nitrogens is 2. The number of hydrogen-bond acceptors (Lipinski definition) is 2. The van der Waals surface area contributed by atoms with Gasteiger partial charge in [-0.15, -0.1) is 6.58 Å². The predicted octanol–water partition coefficient (Wildman–Crippen LogP) is 3.23. The smallest absolute Gasteiger partial charge is 0.329 e. The minimum Gasteiger partial charge on any atom is -0.329 e. The summed E-state index contributed by atoms with van der Waals surface area (Å²) in [5.41, 5.74) is 0.163. The standard InChI is InChI=1S/C15H16F3N3/c1-2-7-19-10-14-20-8-9-21(14)11-12-3-5-13(6-4-12)15(16,17)18/h2-6,8-9,19H,1,7,10-11H2. The topological polar surface area (TPSA) is 29.9 Å². The normalized spacial score (nSPS) is 11.6. The van der Waals surface area contributed by atoms with E-state index in [1.807, 2.05) is 10.8 Å². The summed E-state index contributed by atoms with van der Waals surface area (Å²) < 4.78 is 39.4. The molecule has 0 saturated carbocycles. The monoisotopic (exact) mass is 295 g/mol. The number of alkyl halides is 3. The van der Waals surface area contributed by atoms with Crippen molar-refractivity contribution < 1.29 is 13.2 Å². The molecular formula is C15H16F3N3. The van der Waals surface area contributed by atoms with Crippen LogP contribution in [0, 0.1) is 0 Å². The Kier molecular flexibility index (Phi) is 4.80. The van der Waals surface area contributed by atoms with Crippen LogP contribution in [0.3, 0.4) is 0 Å². The summed E-state index contributed by atoms with van der Waals surface area (Å²) in [7, 11) is 0. The number of imidazole rings is 1. The average molecular weight is 295 g/mol. The first kappa shape index (κ1) is 15.3. The molecule has 112 valence electrons. The molecule has 3 nitrogen and oxygen atoms in total. The summed E-state index contributed by atoms with van der Waals surface area (Å²) in [6, 6.07) is 5.18. The molecule has 0 saturated heterocycles. The van der Waals surface area contributed by atoms with E-state index < -0.39 is 11.7 Å². The van der Waals surface area contributed by atoms with Gasteiger partial charge in [-0.3, -0.25) is 0 Å². The minimum absolute atomic E-state index is 0.489. The van der Waals surface area contributed by atoms with Crippen LogP contribution in [0.1, 0.15) is 17.0 Å². The van der Waals surface area contributed by atoms with Crippen molar-refractivity contribution in [1.82, 2.24) is 14.9 Å². The number of rotatable bonds is 6. The zero-order valence-electron chi connectivity index (χ0n) is 11.4. The highest BCUT2D eigenvalue weighted by Gasteiger charge is 2.29. The fourth-order valence-corrected chi connectivity index (χ4v) is 1.93. The van der Waals surface area contributed by atoms with Gasteiger partial charge in [0.1, 0.15) is 5.82 Å². The maximum Gasteiger partial charge on any atom is 0.416 e. The molecule has 0 aliphatic heterocycles. The van der Waals surface area contributed by atoms with Crippen molar-refractivity contribution in [3.8, 4) is 0 Å². The number of halogens is 3. The van der Waals surface area contributed by atoms with E-state index in [1.54, 1.807) is 12.3 Å². The second kappa shape index (κ2) is 6.58. The van der Waals surface area contributed by atoms with Gasteiger partial charge in [-0.05, 0) is 17.7 Å². The molecule has 1 heterocycles. The third-order valence-corrected chi connectivity index (χ3v) is 3.01. The van der Waals surface area contributed by atoms with Crippen LogP contribution in [0.15, 0.2) is 49.3 Å². The maximum atomic E-state index is 12.5. The lowest BCUT2D eigenvalue weighted by atomic mass is 10.1. The van der Waals surface area contributed by atoms with E-state index in [4.69, 9.17) is 0 Å². The highest BCUT2D eigenvalue weighted by atomic mass is 19.4. The van der Waals surface area contributed by atoms with Gasteiger partial charge >= 0.3 is 6.18 Å². The van der Waals surface area contributed by atoms with Crippen LogP contribution in [0.2, 0.25) is 0 Å². The Hall–Kier alpha value is -2.08. The molecule has 0 aliphatic rings. The first-order valence-corrected chi connectivity index (χ1v) is 6.48. The lowest BCUT2D eigenvalue weighted by Gasteiger charge is -2.10. The SMILES string of the molecule is C=CCNCc1nccn1Cc1ccc(C(F)(F)F)cc1. The van der Waals surface area contributed by atoms with Crippen molar-refractivity contribution in [2.75, 3.05) is 6.54 Å². The molecule has 0 bridgehead atoms. The van der Waals surface area contributed by atoms with Gasteiger partial charge in [0.15, 0.2) is 0 Å². The third kappa shape index (κ3) is 4.19. The van der Waals surface area contributed by atoms with E-state index in [1.165, 1.54) is 12.1 Å². The Morgan fingerprint density at radius 3 is 2.57 bits per heavy atom. The molecule has 0 amide bonds. The molecular weight excluding hydrogens is 279 g/mol. The first-order valence-electron chi connectivity index (χ1n) is 6.48. The molecule has 0 unspecified atom stereocenters. The van der Waals surface area contributed by atoms with Crippen molar-refractivity contribution in [2.45, 2.75) is 19.3 Å². The summed E-state index contributed by atoms with van der Waals surface area (Å²) in [6.07, 6.45) is 0.939. The maximum absolute atomic E-state index is 12.5. The molecule has 0 atom stereocenters. The van der Waals surface area contributed by atoms with E-state index in [9.17, 15) is 13.2 Å². The van der Waals surface area contributed by atoms with Crippen molar-refractivity contribution in [3.05, 3.63) is 66.3 Å². The fraction of sp³-hybridized carbons (Fsp3) is 0.267. The molecule has 0 radical (unpaired) electrons. The van der Waals surface area contributed by atoms with Gasteiger partial charge < -0.3 is 9.88 Å². The lowest BCUT2D eigenvalue weighted by Crippen LogP contribution is -2.17. The summed E-state index contributed by atoms with van der Waals surface area (Å²) >= 11 is 0. The zero-order chi connectivity index (χ0) is 15.3. The Morgan fingerprint density at radius 2 is 1.95 bits per heavy atom. The number of hydrogen-bond donors (Lipinski definition) is 1. The van der Waals surface area contributed by atoms with Crippen LogP contribution in [0.4, 0.5) is 13.2 Å². The highest BCUT2D eigenvalue weighted by Crippen LogP contribution is 2.29. The summed E-state index contributed by atoms with van der Waals surface area (Å²) in [4.78, 5) is 4.23. The Morgan fingerprint density at radius 1 is 1.24 bits per heavy atom. The Balaban J connectivity index is 2.05. The number of nitrogens with zero attached hydrogens (tertiary/aromatic N) is 2. The lowest BCUT2D eigenvalue weighted by molar-refractivity contribution is -0.137. The zero-order valence-corrected chi connectivity index (χ0v) is 11.4. The van der Waals surface area contributed by atoms with Crippen LogP contribution in [-0.4, -0.2) is 16.1 Å². The van der Waals surface area contributed by atoms with Gasteiger partial charge in [0.2, 0.25) is 0 Å². The highest BCUT2D eigenvalue weighted by molar-refractivity contribution is 5.25. The van der Waals surface area contributed by atoms with Crippen LogP contribution < -0.4 is 5.32 Å². The van der Waals surface area contributed by atoms with E-state index in [-0.39, 0.29) is 0 Å². The summed E-state index contributed by atoms with van der Waals surface area (Å²) in [5.74, 6) is 0.830. The van der Waals surface area contributed by atoms with Crippen LogP contribution in [-0.2, 0) is 19.3 Å². The van der Waals surface area contributed by atoms with Crippen molar-refractivity contribution in [3.63, 3.8) is 0 Å². The Bertz CT molecular complexity index is 585. The van der Waals surface area contributed by atoms with Gasteiger partial charge in [-0.2, -0.15) is 13.2 Å². The van der Waals surface area contributed by atoms with E-state index in [2.05, 4.69) is 16.9 Å². The molecule has 2 aromatic rings. The fourth-order valence-electron chi connectivity index (χ4n) is 1.93. The van der Waals surface area contributed by atoms with Gasteiger partial charge in [0.05, 0.1) is 12.1 Å². The predicted molar refractivity (Wildman–Crippen MR) is 74.7 cm³/mol. The van der Waals surface area contributed by atoms with Gasteiger partial charge in [-0.25, -0.2) is 4.98 Å². The quantitative estimate of drug-likeness (QED) is 0.655. The van der Waals surface area contributed by atoms with Crippen molar-refractivity contribution in [2.24, 2.45) is 0 Å². The van der Waals surface area contributed by atoms with Gasteiger partial charge in [0.25, 0.3) is 0 Å². The molecule has 1 aromatic carbocycles. The molecule has 21 heavy (non-hydrogen) atoms. The Labute approximate surface area is 121 Å². The summed E-state index contributed by atoms with van der Waals surface area (Å²) in [6.45, 7) is 5.36. The molecule has 6 heteroatoms. The first-order chi connectivity index (χ1) is 10.0. The third-order valence-electron chi connectivity index (χ3n) is 3.01. The van der Waals surface area contributed by atoms with Crippen LogP contribution in [0.5, 0.6) is 0 Å². The van der Waals surface area contributed by atoms with E-state index in [0.29, 0.717) is 19.6 Å². The second-order valence-corrected chi connectivity index (χ2v) is 4.59. The molecule has 1 aromatic heterocycles. The largest absolute Gasteiger partial charge is 0.416 e. The number of nitrogens with one attached hydrogen (secondary N) is 1. The molecule has 0 spiro atoms. The summed E-state index contributed by atoms with van der Waals surface area (Å²) in [5, 5.41) is 3.14. The molecule has 2 rings (SSSR count).